The number of rotatable bonds is 11. The summed E-state index contributed by atoms with van der Waals surface area (Å²) in [5, 5.41) is 0. The lowest BCUT2D eigenvalue weighted by atomic mass is 10.3. The van der Waals surface area contributed by atoms with Crippen LogP contribution in [0.25, 0.3) is 10.2 Å². The highest BCUT2D eigenvalue weighted by molar-refractivity contribution is 7.91. The van der Waals surface area contributed by atoms with Gasteiger partial charge in [-0.1, -0.05) is 11.3 Å². The lowest BCUT2D eigenvalue weighted by Crippen LogP contribution is -2.20. The van der Waals surface area contributed by atoms with E-state index in [0.29, 0.717) is 41.8 Å². The number of thiazole rings is 1. The summed E-state index contributed by atoms with van der Waals surface area (Å²) in [5.41, 5.74) is 0.819. The molecular formula is C23H28N2O7S2. The number of hydrogen-bond donors (Lipinski definition) is 0. The zero-order chi connectivity index (χ0) is 24.7. The van der Waals surface area contributed by atoms with Crippen LogP contribution in [0.5, 0.6) is 17.2 Å². The SMILES string of the molecule is CCOCCn1c(=NC(=O)CCS(=O)(=O)c2ccc(OC)cc2)sc2cc(OC)c(OC)cc21. The van der Waals surface area contributed by atoms with Crippen molar-refractivity contribution < 1.29 is 32.2 Å². The maximum atomic E-state index is 12.7. The Morgan fingerprint density at radius 3 is 2.32 bits per heavy atom. The predicted octanol–water partition coefficient (Wildman–Crippen LogP) is 3.06. The zero-order valence-electron chi connectivity index (χ0n) is 19.6. The molecule has 34 heavy (non-hydrogen) atoms. The van der Waals surface area contributed by atoms with Crippen LogP contribution in [0.4, 0.5) is 0 Å². The van der Waals surface area contributed by atoms with Crippen molar-refractivity contribution in [1.29, 1.82) is 0 Å². The highest BCUT2D eigenvalue weighted by atomic mass is 32.2. The third kappa shape index (κ3) is 5.96. The quantitative estimate of drug-likeness (QED) is 0.367. The van der Waals surface area contributed by atoms with Crippen LogP contribution >= 0.6 is 11.3 Å². The number of carbonyl (C=O) groups excluding carboxylic acids is 1. The number of fused-ring (bicyclic) bond motifs is 1. The van der Waals surface area contributed by atoms with Crippen molar-refractivity contribution in [3.63, 3.8) is 0 Å². The molecule has 184 valence electrons. The van der Waals surface area contributed by atoms with Crippen LogP contribution < -0.4 is 19.0 Å². The molecule has 0 aliphatic heterocycles. The van der Waals surface area contributed by atoms with Crippen molar-refractivity contribution in [3.05, 3.63) is 41.2 Å². The maximum Gasteiger partial charge on any atom is 0.249 e. The Morgan fingerprint density at radius 1 is 1.03 bits per heavy atom. The van der Waals surface area contributed by atoms with Gasteiger partial charge in [0.25, 0.3) is 0 Å². The summed E-state index contributed by atoms with van der Waals surface area (Å²) in [6.45, 7) is 3.38. The molecule has 9 nitrogen and oxygen atoms in total. The fourth-order valence-electron chi connectivity index (χ4n) is 3.28. The molecule has 3 aromatic rings. The summed E-state index contributed by atoms with van der Waals surface area (Å²) < 4.78 is 49.3. The van der Waals surface area contributed by atoms with Gasteiger partial charge in [0.2, 0.25) is 5.91 Å². The molecule has 0 aliphatic rings. The highest BCUT2D eigenvalue weighted by Gasteiger charge is 2.18. The lowest BCUT2D eigenvalue weighted by Gasteiger charge is -2.09. The zero-order valence-corrected chi connectivity index (χ0v) is 21.2. The molecule has 0 atom stereocenters. The molecule has 0 aliphatic carbocycles. The number of methoxy groups -OCH3 is 3. The molecule has 3 rings (SSSR count). The van der Waals surface area contributed by atoms with Gasteiger partial charge in [-0.2, -0.15) is 4.99 Å². The molecule has 11 heteroatoms. The third-order valence-corrected chi connectivity index (χ3v) is 7.85. The monoisotopic (exact) mass is 508 g/mol. The molecule has 0 N–H and O–H groups in total. The van der Waals surface area contributed by atoms with Gasteiger partial charge in [0, 0.05) is 31.7 Å². The average molecular weight is 509 g/mol. The van der Waals surface area contributed by atoms with E-state index in [2.05, 4.69) is 4.99 Å². The molecule has 0 radical (unpaired) electrons. The van der Waals surface area contributed by atoms with Gasteiger partial charge in [-0.05, 0) is 31.2 Å². The van der Waals surface area contributed by atoms with E-state index in [-0.39, 0.29) is 17.1 Å². The van der Waals surface area contributed by atoms with Crippen LogP contribution in [0, 0.1) is 0 Å². The van der Waals surface area contributed by atoms with Crippen molar-refractivity contribution in [3.8, 4) is 17.2 Å². The predicted molar refractivity (Wildman–Crippen MR) is 130 cm³/mol. The minimum atomic E-state index is -3.64. The minimum Gasteiger partial charge on any atom is -0.497 e. The van der Waals surface area contributed by atoms with E-state index in [4.69, 9.17) is 18.9 Å². The Balaban J connectivity index is 1.89. The van der Waals surface area contributed by atoms with Crippen LogP contribution in [0.2, 0.25) is 0 Å². The Labute approximate surface area is 202 Å². The van der Waals surface area contributed by atoms with Gasteiger partial charge in [0.05, 0.1) is 48.8 Å². The standard InChI is InChI=1S/C23H28N2O7S2/c1-5-32-12-11-25-18-14-19(30-3)20(31-4)15-21(18)33-23(25)24-22(26)10-13-34(27,28)17-8-6-16(29-2)7-9-17/h6-9,14-15H,5,10-13H2,1-4H3. The molecule has 1 heterocycles. The molecule has 0 bridgehead atoms. The number of aromatic nitrogens is 1. The summed E-state index contributed by atoms with van der Waals surface area (Å²) in [6, 6.07) is 9.72. The van der Waals surface area contributed by atoms with Crippen LogP contribution in [-0.4, -0.2) is 59.2 Å². The van der Waals surface area contributed by atoms with E-state index in [1.165, 1.54) is 30.6 Å². The summed E-state index contributed by atoms with van der Waals surface area (Å²) in [4.78, 5) is 17.5. The van der Waals surface area contributed by atoms with Gasteiger partial charge >= 0.3 is 0 Å². The molecule has 0 saturated heterocycles. The smallest absolute Gasteiger partial charge is 0.249 e. The second-order valence-electron chi connectivity index (χ2n) is 7.16. The molecule has 0 spiro atoms. The summed E-state index contributed by atoms with van der Waals surface area (Å²) in [5.74, 6) is 0.818. The molecular weight excluding hydrogens is 480 g/mol. The van der Waals surface area contributed by atoms with Gasteiger partial charge in [0.1, 0.15) is 5.75 Å². The number of amides is 1. The number of sulfone groups is 1. The Kier molecular flexibility index (Phi) is 8.70. The number of benzene rings is 2. The number of ether oxygens (including phenoxy) is 4. The van der Waals surface area contributed by atoms with E-state index in [9.17, 15) is 13.2 Å². The van der Waals surface area contributed by atoms with Crippen molar-refractivity contribution in [2.24, 2.45) is 4.99 Å². The molecule has 2 aromatic carbocycles. The first-order chi connectivity index (χ1) is 16.3. The first-order valence-electron chi connectivity index (χ1n) is 10.6. The second-order valence-corrected chi connectivity index (χ2v) is 10.3. The van der Waals surface area contributed by atoms with Crippen molar-refractivity contribution in [2.45, 2.75) is 24.8 Å². The highest BCUT2D eigenvalue weighted by Crippen LogP contribution is 2.33. The Morgan fingerprint density at radius 2 is 1.71 bits per heavy atom. The third-order valence-electron chi connectivity index (χ3n) is 5.07. The van der Waals surface area contributed by atoms with Crippen molar-refractivity contribution in [2.75, 3.05) is 40.3 Å². The molecule has 1 aromatic heterocycles. The summed E-state index contributed by atoms with van der Waals surface area (Å²) in [6.07, 6.45) is -0.235. The average Bonchev–Trinajstić information content (AvgIpc) is 3.17. The lowest BCUT2D eigenvalue weighted by molar-refractivity contribution is -0.117. The number of carbonyl (C=O) groups is 1. The van der Waals surface area contributed by atoms with E-state index in [0.717, 1.165) is 10.2 Å². The van der Waals surface area contributed by atoms with Gasteiger partial charge in [0.15, 0.2) is 26.1 Å². The summed E-state index contributed by atoms with van der Waals surface area (Å²) in [7, 11) is 0.977. The second kappa shape index (κ2) is 11.5. The van der Waals surface area contributed by atoms with Gasteiger partial charge in [-0.15, -0.1) is 0 Å². The van der Waals surface area contributed by atoms with Crippen LogP contribution in [0.3, 0.4) is 0 Å². The fourth-order valence-corrected chi connectivity index (χ4v) is 5.60. The van der Waals surface area contributed by atoms with Crippen molar-refractivity contribution >= 4 is 37.3 Å². The molecule has 0 unspecified atom stereocenters. The molecule has 0 saturated carbocycles. The maximum absolute atomic E-state index is 12.7. The van der Waals surface area contributed by atoms with E-state index in [1.54, 1.807) is 26.4 Å². The first kappa shape index (κ1) is 25.7. The normalized spacial score (nSPS) is 12.2. The summed E-state index contributed by atoms with van der Waals surface area (Å²) >= 11 is 1.31. The largest absolute Gasteiger partial charge is 0.497 e. The molecule has 0 fully saturated rings. The number of nitrogens with zero attached hydrogens (tertiary/aromatic N) is 2. The fraction of sp³-hybridized carbons (Fsp3) is 0.391. The Hall–Kier alpha value is -2.89. The van der Waals surface area contributed by atoms with Crippen LogP contribution in [-0.2, 0) is 25.9 Å². The van der Waals surface area contributed by atoms with E-state index >= 15 is 0 Å². The van der Waals surface area contributed by atoms with Gasteiger partial charge in [-0.25, -0.2) is 8.42 Å². The minimum absolute atomic E-state index is 0.133. The van der Waals surface area contributed by atoms with E-state index < -0.39 is 15.7 Å². The van der Waals surface area contributed by atoms with E-state index in [1.807, 2.05) is 23.6 Å². The molecule has 1 amide bonds. The number of hydrogen-bond acceptors (Lipinski definition) is 8. The van der Waals surface area contributed by atoms with Crippen LogP contribution in [0.15, 0.2) is 46.3 Å². The topological polar surface area (TPSA) is 105 Å². The van der Waals surface area contributed by atoms with Crippen LogP contribution in [0.1, 0.15) is 13.3 Å². The first-order valence-corrected chi connectivity index (χ1v) is 13.1. The van der Waals surface area contributed by atoms with Gasteiger partial charge in [-0.3, -0.25) is 4.79 Å². The Bertz CT molecular complexity index is 1310. The van der Waals surface area contributed by atoms with Gasteiger partial charge < -0.3 is 23.5 Å². The van der Waals surface area contributed by atoms with Crippen molar-refractivity contribution in [1.82, 2.24) is 4.57 Å².